The SMILES string of the molecule is CC(N)Oc1ccc(OC2CCNCC2)cc1. The Labute approximate surface area is 102 Å². The summed E-state index contributed by atoms with van der Waals surface area (Å²) in [6.45, 7) is 3.88. The van der Waals surface area contributed by atoms with Crippen molar-refractivity contribution in [3.05, 3.63) is 24.3 Å². The first-order chi connectivity index (χ1) is 8.24. The van der Waals surface area contributed by atoms with Gasteiger partial charge in [-0.1, -0.05) is 0 Å². The first-order valence-corrected chi connectivity index (χ1v) is 6.14. The quantitative estimate of drug-likeness (QED) is 0.778. The number of hydrogen-bond donors (Lipinski definition) is 2. The minimum atomic E-state index is -0.286. The highest BCUT2D eigenvalue weighted by atomic mass is 16.5. The smallest absolute Gasteiger partial charge is 0.144 e. The summed E-state index contributed by atoms with van der Waals surface area (Å²) in [4.78, 5) is 0. The van der Waals surface area contributed by atoms with Crippen molar-refractivity contribution in [3.8, 4) is 11.5 Å². The largest absolute Gasteiger partial charge is 0.490 e. The number of nitrogens with one attached hydrogen (secondary N) is 1. The zero-order chi connectivity index (χ0) is 12.1. The topological polar surface area (TPSA) is 56.5 Å². The number of nitrogens with two attached hydrogens (primary N) is 1. The van der Waals surface area contributed by atoms with Gasteiger partial charge in [0.2, 0.25) is 0 Å². The lowest BCUT2D eigenvalue weighted by atomic mass is 10.1. The van der Waals surface area contributed by atoms with Gasteiger partial charge in [-0.2, -0.15) is 0 Å². The second kappa shape index (κ2) is 5.89. The molecule has 2 rings (SSSR count). The lowest BCUT2D eigenvalue weighted by Crippen LogP contribution is -2.34. The van der Waals surface area contributed by atoms with E-state index in [-0.39, 0.29) is 6.23 Å². The Hall–Kier alpha value is -1.26. The third-order valence-corrected chi connectivity index (χ3v) is 2.73. The summed E-state index contributed by atoms with van der Waals surface area (Å²) in [5, 5.41) is 3.32. The van der Waals surface area contributed by atoms with Crippen LogP contribution in [0.4, 0.5) is 0 Å². The van der Waals surface area contributed by atoms with Crippen molar-refractivity contribution < 1.29 is 9.47 Å². The zero-order valence-electron chi connectivity index (χ0n) is 10.2. The fraction of sp³-hybridized carbons (Fsp3) is 0.538. The van der Waals surface area contributed by atoms with E-state index >= 15 is 0 Å². The summed E-state index contributed by atoms with van der Waals surface area (Å²) in [5.74, 6) is 1.67. The van der Waals surface area contributed by atoms with Crippen molar-refractivity contribution in [2.24, 2.45) is 5.73 Å². The van der Waals surface area contributed by atoms with Crippen LogP contribution in [0.15, 0.2) is 24.3 Å². The Kier molecular flexibility index (Phi) is 4.23. The molecular formula is C13H20N2O2. The monoisotopic (exact) mass is 236 g/mol. The molecule has 94 valence electrons. The summed E-state index contributed by atoms with van der Waals surface area (Å²) in [7, 11) is 0. The van der Waals surface area contributed by atoms with Gasteiger partial charge in [-0.15, -0.1) is 0 Å². The van der Waals surface area contributed by atoms with Crippen LogP contribution < -0.4 is 20.5 Å². The molecule has 1 aliphatic rings. The number of ether oxygens (including phenoxy) is 2. The van der Waals surface area contributed by atoms with Gasteiger partial charge in [0.15, 0.2) is 0 Å². The van der Waals surface area contributed by atoms with Gasteiger partial charge >= 0.3 is 0 Å². The van der Waals surface area contributed by atoms with Gasteiger partial charge in [0, 0.05) is 0 Å². The molecule has 0 aromatic heterocycles. The van der Waals surface area contributed by atoms with E-state index in [0.717, 1.165) is 37.4 Å². The van der Waals surface area contributed by atoms with Crippen molar-refractivity contribution >= 4 is 0 Å². The molecule has 1 heterocycles. The fourth-order valence-corrected chi connectivity index (χ4v) is 1.92. The Morgan fingerprint density at radius 2 is 1.76 bits per heavy atom. The Morgan fingerprint density at radius 1 is 1.18 bits per heavy atom. The molecule has 4 heteroatoms. The van der Waals surface area contributed by atoms with Crippen LogP contribution in [0.5, 0.6) is 11.5 Å². The van der Waals surface area contributed by atoms with Crippen molar-refractivity contribution in [2.75, 3.05) is 13.1 Å². The van der Waals surface area contributed by atoms with Crippen LogP contribution in [-0.2, 0) is 0 Å². The molecule has 1 aromatic rings. The molecule has 1 aromatic carbocycles. The average molecular weight is 236 g/mol. The molecule has 1 aliphatic heterocycles. The lowest BCUT2D eigenvalue weighted by Gasteiger charge is -2.23. The Morgan fingerprint density at radius 3 is 2.35 bits per heavy atom. The molecule has 0 radical (unpaired) electrons. The minimum absolute atomic E-state index is 0.286. The van der Waals surface area contributed by atoms with Crippen LogP contribution >= 0.6 is 0 Å². The second-order valence-electron chi connectivity index (χ2n) is 4.36. The minimum Gasteiger partial charge on any atom is -0.490 e. The molecule has 1 fully saturated rings. The van der Waals surface area contributed by atoms with Crippen LogP contribution in [0.2, 0.25) is 0 Å². The summed E-state index contributed by atoms with van der Waals surface area (Å²) in [5.41, 5.74) is 5.55. The van der Waals surface area contributed by atoms with Gasteiger partial charge in [0.25, 0.3) is 0 Å². The van der Waals surface area contributed by atoms with Gasteiger partial charge in [0.1, 0.15) is 23.8 Å². The maximum Gasteiger partial charge on any atom is 0.144 e. The van der Waals surface area contributed by atoms with Crippen molar-refractivity contribution in [1.29, 1.82) is 0 Å². The normalized spacial score (nSPS) is 18.7. The molecule has 4 nitrogen and oxygen atoms in total. The van der Waals surface area contributed by atoms with Crippen LogP contribution in [0.3, 0.4) is 0 Å². The third-order valence-electron chi connectivity index (χ3n) is 2.73. The van der Waals surface area contributed by atoms with Gasteiger partial charge in [-0.25, -0.2) is 0 Å². The molecule has 0 amide bonds. The third kappa shape index (κ3) is 3.91. The van der Waals surface area contributed by atoms with Crippen molar-refractivity contribution in [2.45, 2.75) is 32.1 Å². The lowest BCUT2D eigenvalue weighted by molar-refractivity contribution is 0.162. The van der Waals surface area contributed by atoms with E-state index in [0.29, 0.717) is 6.10 Å². The predicted molar refractivity (Wildman–Crippen MR) is 67.2 cm³/mol. The fourth-order valence-electron chi connectivity index (χ4n) is 1.92. The number of benzene rings is 1. The molecule has 0 saturated carbocycles. The van der Waals surface area contributed by atoms with Gasteiger partial charge < -0.3 is 14.8 Å². The molecule has 1 unspecified atom stereocenters. The number of hydrogen-bond acceptors (Lipinski definition) is 4. The first-order valence-electron chi connectivity index (χ1n) is 6.14. The van der Waals surface area contributed by atoms with E-state index in [4.69, 9.17) is 15.2 Å². The van der Waals surface area contributed by atoms with Crippen LogP contribution in [0.25, 0.3) is 0 Å². The summed E-state index contributed by atoms with van der Waals surface area (Å²) in [6, 6.07) is 7.64. The van der Waals surface area contributed by atoms with E-state index in [1.807, 2.05) is 24.3 Å². The van der Waals surface area contributed by atoms with E-state index < -0.39 is 0 Å². The maximum atomic E-state index is 5.89. The Bertz CT molecular complexity index is 332. The number of rotatable bonds is 4. The number of piperidine rings is 1. The molecular weight excluding hydrogens is 216 g/mol. The van der Waals surface area contributed by atoms with E-state index in [1.165, 1.54) is 0 Å². The zero-order valence-corrected chi connectivity index (χ0v) is 10.2. The summed E-state index contributed by atoms with van der Waals surface area (Å²) in [6.07, 6.45) is 2.18. The molecule has 1 saturated heterocycles. The average Bonchev–Trinajstić information content (AvgIpc) is 2.32. The van der Waals surface area contributed by atoms with Crippen LogP contribution in [0.1, 0.15) is 19.8 Å². The molecule has 3 N–H and O–H groups in total. The van der Waals surface area contributed by atoms with Gasteiger partial charge in [0.05, 0.1) is 0 Å². The van der Waals surface area contributed by atoms with E-state index in [2.05, 4.69) is 5.32 Å². The molecule has 0 aliphatic carbocycles. The van der Waals surface area contributed by atoms with Crippen LogP contribution in [-0.4, -0.2) is 25.4 Å². The van der Waals surface area contributed by atoms with Gasteiger partial charge in [-0.3, -0.25) is 5.73 Å². The second-order valence-corrected chi connectivity index (χ2v) is 4.36. The summed E-state index contributed by atoms with van der Waals surface area (Å²) < 4.78 is 11.3. The molecule has 0 spiro atoms. The predicted octanol–water partition coefficient (Wildman–Crippen LogP) is 1.50. The highest BCUT2D eigenvalue weighted by Crippen LogP contribution is 2.20. The molecule has 1 atom stereocenters. The maximum absolute atomic E-state index is 5.89. The highest BCUT2D eigenvalue weighted by molar-refractivity contribution is 5.31. The first kappa shape index (κ1) is 12.2. The molecule has 0 bridgehead atoms. The van der Waals surface area contributed by atoms with E-state index in [9.17, 15) is 0 Å². The standard InChI is InChI=1S/C13H20N2O2/c1-10(14)16-11-2-4-12(5-3-11)17-13-6-8-15-9-7-13/h2-5,10,13,15H,6-9,14H2,1H3. The van der Waals surface area contributed by atoms with Crippen molar-refractivity contribution in [3.63, 3.8) is 0 Å². The molecule has 17 heavy (non-hydrogen) atoms. The summed E-state index contributed by atoms with van der Waals surface area (Å²) >= 11 is 0. The van der Waals surface area contributed by atoms with E-state index in [1.54, 1.807) is 6.92 Å². The van der Waals surface area contributed by atoms with Crippen LogP contribution in [0, 0.1) is 0 Å². The highest BCUT2D eigenvalue weighted by Gasteiger charge is 2.14. The Balaban J connectivity index is 1.88. The van der Waals surface area contributed by atoms with Gasteiger partial charge in [-0.05, 0) is 57.1 Å². The van der Waals surface area contributed by atoms with Crippen molar-refractivity contribution in [1.82, 2.24) is 5.32 Å².